The van der Waals surface area contributed by atoms with Crippen molar-refractivity contribution in [3.05, 3.63) is 51.7 Å². The lowest BCUT2D eigenvalue weighted by molar-refractivity contribution is 0.802. The molecule has 0 unspecified atom stereocenters. The molecule has 1 aromatic carbocycles. The number of anilines is 1. The van der Waals surface area contributed by atoms with Gasteiger partial charge in [-0.05, 0) is 67.4 Å². The molecule has 0 atom stereocenters. The van der Waals surface area contributed by atoms with Crippen LogP contribution < -0.4 is 10.6 Å². The van der Waals surface area contributed by atoms with Crippen LogP contribution in [0.3, 0.4) is 0 Å². The molecule has 0 aliphatic heterocycles. The first-order valence-corrected chi connectivity index (χ1v) is 8.24. The molecule has 2 aromatic rings. The minimum atomic E-state index is 0.724. The molecule has 0 spiro atoms. The molecule has 2 nitrogen and oxygen atoms in total. The average molecular weight is 286 g/mol. The Kier molecular flexibility index (Phi) is 4.08. The molecule has 0 bridgehead atoms. The minimum Gasteiger partial charge on any atom is -0.363 e. The van der Waals surface area contributed by atoms with Crippen molar-refractivity contribution in [3.63, 3.8) is 0 Å². The second-order valence-corrected chi connectivity index (χ2v) is 6.62. The molecule has 1 aliphatic rings. The summed E-state index contributed by atoms with van der Waals surface area (Å²) < 4.78 is 0. The minimum absolute atomic E-state index is 0.724. The van der Waals surface area contributed by atoms with Crippen LogP contribution in [-0.2, 0) is 13.0 Å². The Morgan fingerprint density at radius 3 is 2.75 bits per heavy atom. The van der Waals surface area contributed by atoms with E-state index in [4.69, 9.17) is 5.73 Å². The van der Waals surface area contributed by atoms with Crippen molar-refractivity contribution >= 4 is 17.0 Å². The Morgan fingerprint density at radius 2 is 2.15 bits per heavy atom. The number of nitrogens with two attached hydrogens (primary N) is 1. The Balaban J connectivity index is 1.82. The van der Waals surface area contributed by atoms with E-state index in [0.29, 0.717) is 0 Å². The highest BCUT2D eigenvalue weighted by molar-refractivity contribution is 7.09. The third kappa shape index (κ3) is 3.05. The maximum atomic E-state index is 5.67. The molecular weight excluding hydrogens is 264 g/mol. The van der Waals surface area contributed by atoms with Gasteiger partial charge in [-0.1, -0.05) is 12.1 Å². The standard InChI is InChI=1S/C17H22N2S/c1-13-11-16(5-4-14(13)8-9-18)19(15-6-7-15)12-17-3-2-10-20-17/h2-5,10-11,15H,6-9,12,18H2,1H3. The van der Waals surface area contributed by atoms with E-state index in [-0.39, 0.29) is 0 Å². The van der Waals surface area contributed by atoms with E-state index < -0.39 is 0 Å². The zero-order valence-electron chi connectivity index (χ0n) is 12.0. The quantitative estimate of drug-likeness (QED) is 0.877. The molecule has 1 aromatic heterocycles. The van der Waals surface area contributed by atoms with Crippen LogP contribution in [0.5, 0.6) is 0 Å². The van der Waals surface area contributed by atoms with Crippen molar-refractivity contribution < 1.29 is 0 Å². The molecule has 106 valence electrons. The summed E-state index contributed by atoms with van der Waals surface area (Å²) >= 11 is 1.85. The van der Waals surface area contributed by atoms with E-state index in [1.807, 2.05) is 11.3 Å². The van der Waals surface area contributed by atoms with Gasteiger partial charge in [-0.15, -0.1) is 11.3 Å². The van der Waals surface area contributed by atoms with Gasteiger partial charge >= 0.3 is 0 Å². The van der Waals surface area contributed by atoms with Crippen molar-refractivity contribution in [2.75, 3.05) is 11.4 Å². The topological polar surface area (TPSA) is 29.3 Å². The van der Waals surface area contributed by atoms with Crippen LogP contribution in [0.15, 0.2) is 35.7 Å². The van der Waals surface area contributed by atoms with Crippen molar-refractivity contribution in [3.8, 4) is 0 Å². The highest BCUT2D eigenvalue weighted by atomic mass is 32.1. The van der Waals surface area contributed by atoms with Crippen LogP contribution in [0.2, 0.25) is 0 Å². The zero-order valence-corrected chi connectivity index (χ0v) is 12.8. The molecule has 0 radical (unpaired) electrons. The Labute approximate surface area is 125 Å². The van der Waals surface area contributed by atoms with Gasteiger partial charge in [0.25, 0.3) is 0 Å². The number of rotatable bonds is 6. The molecule has 0 amide bonds. The van der Waals surface area contributed by atoms with Crippen LogP contribution in [0.1, 0.15) is 28.8 Å². The van der Waals surface area contributed by atoms with Crippen LogP contribution in [0, 0.1) is 6.92 Å². The van der Waals surface area contributed by atoms with Gasteiger partial charge in [0, 0.05) is 16.6 Å². The van der Waals surface area contributed by atoms with Gasteiger partial charge in [0.15, 0.2) is 0 Å². The summed E-state index contributed by atoms with van der Waals surface area (Å²) in [5.41, 5.74) is 9.77. The van der Waals surface area contributed by atoms with Gasteiger partial charge in [0.05, 0.1) is 6.54 Å². The lowest BCUT2D eigenvalue weighted by Gasteiger charge is -2.25. The van der Waals surface area contributed by atoms with Gasteiger partial charge in [-0.3, -0.25) is 0 Å². The fraction of sp³-hybridized carbons (Fsp3) is 0.412. The summed E-state index contributed by atoms with van der Waals surface area (Å²) in [6, 6.07) is 12.0. The number of benzene rings is 1. The van der Waals surface area contributed by atoms with Gasteiger partial charge in [0.2, 0.25) is 0 Å². The molecule has 1 heterocycles. The van der Waals surface area contributed by atoms with Gasteiger partial charge in [-0.25, -0.2) is 0 Å². The fourth-order valence-electron chi connectivity index (χ4n) is 2.68. The second-order valence-electron chi connectivity index (χ2n) is 5.59. The number of hydrogen-bond acceptors (Lipinski definition) is 3. The fourth-order valence-corrected chi connectivity index (χ4v) is 3.39. The Bertz CT molecular complexity index is 558. The van der Waals surface area contributed by atoms with Crippen LogP contribution >= 0.6 is 11.3 Å². The summed E-state index contributed by atoms with van der Waals surface area (Å²) in [7, 11) is 0. The van der Waals surface area contributed by atoms with Crippen molar-refractivity contribution in [1.82, 2.24) is 0 Å². The van der Waals surface area contributed by atoms with Crippen LogP contribution in [0.25, 0.3) is 0 Å². The van der Waals surface area contributed by atoms with E-state index in [1.54, 1.807) is 0 Å². The molecule has 3 rings (SSSR count). The van der Waals surface area contributed by atoms with Crippen LogP contribution in [-0.4, -0.2) is 12.6 Å². The lowest BCUT2D eigenvalue weighted by atomic mass is 10.0. The zero-order chi connectivity index (χ0) is 13.9. The predicted octanol–water partition coefficient (Wildman–Crippen LogP) is 3.73. The number of aryl methyl sites for hydroxylation is 1. The number of hydrogen-bond donors (Lipinski definition) is 1. The normalized spacial score (nSPS) is 14.5. The highest BCUT2D eigenvalue weighted by Crippen LogP contribution is 2.34. The summed E-state index contributed by atoms with van der Waals surface area (Å²) in [6.07, 6.45) is 3.63. The maximum absolute atomic E-state index is 5.67. The largest absolute Gasteiger partial charge is 0.363 e. The van der Waals surface area contributed by atoms with Gasteiger partial charge < -0.3 is 10.6 Å². The molecule has 1 fully saturated rings. The number of nitrogens with zero attached hydrogens (tertiary/aromatic N) is 1. The maximum Gasteiger partial charge on any atom is 0.0525 e. The van der Waals surface area contributed by atoms with E-state index in [9.17, 15) is 0 Å². The molecule has 3 heteroatoms. The summed E-state index contributed by atoms with van der Waals surface area (Å²) in [5, 5.41) is 2.16. The lowest BCUT2D eigenvalue weighted by Crippen LogP contribution is -2.24. The first-order chi connectivity index (χ1) is 9.78. The molecular formula is C17H22N2S. The molecule has 0 saturated heterocycles. The van der Waals surface area contributed by atoms with E-state index >= 15 is 0 Å². The van der Waals surface area contributed by atoms with E-state index in [2.05, 4.69) is 47.5 Å². The van der Waals surface area contributed by atoms with Crippen molar-refractivity contribution in [2.24, 2.45) is 5.73 Å². The molecule has 1 saturated carbocycles. The second kappa shape index (κ2) is 5.98. The van der Waals surface area contributed by atoms with E-state index in [0.717, 1.165) is 25.6 Å². The first kappa shape index (κ1) is 13.7. The monoisotopic (exact) mass is 286 g/mol. The van der Waals surface area contributed by atoms with Crippen LogP contribution in [0.4, 0.5) is 5.69 Å². The smallest absolute Gasteiger partial charge is 0.0525 e. The van der Waals surface area contributed by atoms with Gasteiger partial charge in [-0.2, -0.15) is 0 Å². The highest BCUT2D eigenvalue weighted by Gasteiger charge is 2.29. The first-order valence-electron chi connectivity index (χ1n) is 7.36. The molecule has 20 heavy (non-hydrogen) atoms. The Hall–Kier alpha value is -1.32. The third-order valence-electron chi connectivity index (χ3n) is 3.97. The summed E-state index contributed by atoms with van der Waals surface area (Å²) in [5.74, 6) is 0. The Morgan fingerprint density at radius 1 is 1.30 bits per heavy atom. The average Bonchev–Trinajstić information content (AvgIpc) is 3.15. The van der Waals surface area contributed by atoms with E-state index in [1.165, 1.54) is 34.5 Å². The van der Waals surface area contributed by atoms with Gasteiger partial charge in [0.1, 0.15) is 0 Å². The third-order valence-corrected chi connectivity index (χ3v) is 4.83. The number of thiophene rings is 1. The summed E-state index contributed by atoms with van der Waals surface area (Å²) in [6.45, 7) is 3.96. The van der Waals surface area contributed by atoms with Crippen molar-refractivity contribution in [2.45, 2.75) is 38.8 Å². The molecule has 1 aliphatic carbocycles. The predicted molar refractivity (Wildman–Crippen MR) is 87.5 cm³/mol. The van der Waals surface area contributed by atoms with Crippen molar-refractivity contribution in [1.29, 1.82) is 0 Å². The SMILES string of the molecule is Cc1cc(N(Cc2cccs2)C2CC2)ccc1CCN. The summed E-state index contributed by atoms with van der Waals surface area (Å²) in [4.78, 5) is 4.01. The molecule has 2 N–H and O–H groups in total.